The standard InChI is InChI=1S/C16H30N2O2/c1-13(15(19)18-14-8-4-5-9-14)17-12-16(20)10-6-2-3-7-11-16/h13-14,17,20H,2-12H2,1H3,(H,18,19). The molecule has 0 saturated heterocycles. The van der Waals surface area contributed by atoms with Crippen LogP contribution in [0.25, 0.3) is 0 Å². The second kappa shape index (κ2) is 7.41. The summed E-state index contributed by atoms with van der Waals surface area (Å²) in [6.45, 7) is 2.43. The van der Waals surface area contributed by atoms with Gasteiger partial charge in [0.2, 0.25) is 5.91 Å². The van der Waals surface area contributed by atoms with Crippen molar-refractivity contribution < 1.29 is 9.90 Å². The number of hydrogen-bond acceptors (Lipinski definition) is 3. The SMILES string of the molecule is CC(NCC1(O)CCCCCC1)C(=O)NC1CCCC1. The van der Waals surface area contributed by atoms with Crippen LogP contribution in [0.3, 0.4) is 0 Å². The molecule has 2 aliphatic rings. The highest BCUT2D eigenvalue weighted by molar-refractivity contribution is 5.81. The Kier molecular flexibility index (Phi) is 5.85. The van der Waals surface area contributed by atoms with Crippen molar-refractivity contribution in [1.29, 1.82) is 0 Å². The normalized spacial score (nSPS) is 25.1. The molecule has 0 bridgehead atoms. The van der Waals surface area contributed by atoms with Gasteiger partial charge in [0.05, 0.1) is 11.6 Å². The lowest BCUT2D eigenvalue weighted by molar-refractivity contribution is -0.123. The third-order valence-corrected chi connectivity index (χ3v) is 4.87. The minimum absolute atomic E-state index is 0.0779. The van der Waals surface area contributed by atoms with Gasteiger partial charge in [-0.2, -0.15) is 0 Å². The fraction of sp³-hybridized carbons (Fsp3) is 0.938. The van der Waals surface area contributed by atoms with E-state index in [1.165, 1.54) is 25.7 Å². The van der Waals surface area contributed by atoms with Crippen LogP contribution in [0, 0.1) is 0 Å². The maximum atomic E-state index is 12.1. The van der Waals surface area contributed by atoms with E-state index in [9.17, 15) is 9.90 Å². The van der Waals surface area contributed by atoms with Crippen molar-refractivity contribution in [1.82, 2.24) is 10.6 Å². The molecule has 1 atom stereocenters. The van der Waals surface area contributed by atoms with Crippen molar-refractivity contribution in [3.63, 3.8) is 0 Å². The Morgan fingerprint density at radius 1 is 1.15 bits per heavy atom. The van der Waals surface area contributed by atoms with Gasteiger partial charge in [-0.15, -0.1) is 0 Å². The first-order valence-electron chi connectivity index (χ1n) is 8.35. The van der Waals surface area contributed by atoms with E-state index in [4.69, 9.17) is 0 Å². The van der Waals surface area contributed by atoms with E-state index >= 15 is 0 Å². The summed E-state index contributed by atoms with van der Waals surface area (Å²) in [5.41, 5.74) is -0.613. The summed E-state index contributed by atoms with van der Waals surface area (Å²) in [7, 11) is 0. The van der Waals surface area contributed by atoms with Gasteiger partial charge >= 0.3 is 0 Å². The van der Waals surface area contributed by atoms with Crippen LogP contribution in [-0.4, -0.2) is 35.2 Å². The van der Waals surface area contributed by atoms with E-state index in [1.807, 2.05) is 6.92 Å². The Labute approximate surface area is 122 Å². The van der Waals surface area contributed by atoms with Crippen LogP contribution in [-0.2, 0) is 4.79 Å². The summed E-state index contributed by atoms with van der Waals surface area (Å²) < 4.78 is 0. The summed E-state index contributed by atoms with van der Waals surface area (Å²) in [4.78, 5) is 12.1. The lowest BCUT2D eigenvalue weighted by Gasteiger charge is -2.28. The molecule has 0 spiro atoms. The predicted molar refractivity (Wildman–Crippen MR) is 80.5 cm³/mol. The van der Waals surface area contributed by atoms with Crippen molar-refractivity contribution in [3.8, 4) is 0 Å². The van der Waals surface area contributed by atoms with E-state index in [2.05, 4.69) is 10.6 Å². The molecule has 0 aliphatic heterocycles. The molecular formula is C16H30N2O2. The van der Waals surface area contributed by atoms with E-state index in [0.717, 1.165) is 38.5 Å². The Bertz CT molecular complexity index is 306. The van der Waals surface area contributed by atoms with E-state index in [0.29, 0.717) is 12.6 Å². The second-order valence-electron chi connectivity index (χ2n) is 6.73. The highest BCUT2D eigenvalue weighted by Crippen LogP contribution is 2.26. The zero-order valence-corrected chi connectivity index (χ0v) is 12.8. The average molecular weight is 282 g/mol. The predicted octanol–water partition coefficient (Wildman–Crippen LogP) is 2.11. The van der Waals surface area contributed by atoms with Crippen molar-refractivity contribution in [2.75, 3.05) is 6.54 Å². The molecule has 0 aromatic carbocycles. The maximum Gasteiger partial charge on any atom is 0.237 e. The zero-order chi connectivity index (χ0) is 14.4. The third kappa shape index (κ3) is 4.74. The van der Waals surface area contributed by atoms with Crippen LogP contribution in [0.1, 0.15) is 71.1 Å². The van der Waals surface area contributed by atoms with Crippen molar-refractivity contribution in [2.24, 2.45) is 0 Å². The minimum atomic E-state index is -0.613. The largest absolute Gasteiger partial charge is 0.389 e. The fourth-order valence-corrected chi connectivity index (χ4v) is 3.40. The van der Waals surface area contributed by atoms with Gasteiger partial charge in [0.1, 0.15) is 0 Å². The third-order valence-electron chi connectivity index (χ3n) is 4.87. The average Bonchev–Trinajstić information content (AvgIpc) is 2.83. The fourth-order valence-electron chi connectivity index (χ4n) is 3.40. The summed E-state index contributed by atoms with van der Waals surface area (Å²) in [6.07, 6.45) is 11.0. The molecule has 2 aliphatic carbocycles. The molecule has 2 saturated carbocycles. The highest BCUT2D eigenvalue weighted by atomic mass is 16.3. The van der Waals surface area contributed by atoms with Crippen molar-refractivity contribution in [3.05, 3.63) is 0 Å². The summed E-state index contributed by atoms with van der Waals surface area (Å²) >= 11 is 0. The molecular weight excluding hydrogens is 252 g/mol. The molecule has 4 nitrogen and oxygen atoms in total. The van der Waals surface area contributed by atoms with E-state index in [-0.39, 0.29) is 11.9 Å². The van der Waals surface area contributed by atoms with Crippen LogP contribution < -0.4 is 10.6 Å². The molecule has 3 N–H and O–H groups in total. The Balaban J connectivity index is 1.72. The quantitative estimate of drug-likeness (QED) is 0.677. The first-order chi connectivity index (χ1) is 9.59. The lowest BCUT2D eigenvalue weighted by Crippen LogP contribution is -2.50. The van der Waals surface area contributed by atoms with Gasteiger partial charge in [0.15, 0.2) is 0 Å². The van der Waals surface area contributed by atoms with Crippen LogP contribution in [0.5, 0.6) is 0 Å². The molecule has 116 valence electrons. The number of hydrogen-bond donors (Lipinski definition) is 3. The molecule has 0 aromatic heterocycles. The summed E-state index contributed by atoms with van der Waals surface area (Å²) in [5, 5.41) is 16.9. The monoisotopic (exact) mass is 282 g/mol. The zero-order valence-electron chi connectivity index (χ0n) is 12.8. The molecule has 0 radical (unpaired) electrons. The van der Waals surface area contributed by atoms with Gasteiger partial charge < -0.3 is 15.7 Å². The van der Waals surface area contributed by atoms with Crippen LogP contribution >= 0.6 is 0 Å². The van der Waals surface area contributed by atoms with Crippen LogP contribution in [0.4, 0.5) is 0 Å². The van der Waals surface area contributed by atoms with Gasteiger partial charge in [0.25, 0.3) is 0 Å². The Hall–Kier alpha value is -0.610. The van der Waals surface area contributed by atoms with Crippen LogP contribution in [0.2, 0.25) is 0 Å². The van der Waals surface area contributed by atoms with Crippen molar-refractivity contribution >= 4 is 5.91 Å². The smallest absolute Gasteiger partial charge is 0.237 e. The second-order valence-corrected chi connectivity index (χ2v) is 6.73. The molecule has 1 amide bonds. The molecule has 0 aromatic rings. The number of amides is 1. The van der Waals surface area contributed by atoms with Crippen LogP contribution in [0.15, 0.2) is 0 Å². The van der Waals surface area contributed by atoms with Crippen molar-refractivity contribution in [2.45, 2.75) is 88.8 Å². The minimum Gasteiger partial charge on any atom is -0.389 e. The number of carbonyl (C=O) groups is 1. The van der Waals surface area contributed by atoms with Gasteiger partial charge in [0, 0.05) is 12.6 Å². The number of carbonyl (C=O) groups excluding carboxylic acids is 1. The Morgan fingerprint density at radius 2 is 1.75 bits per heavy atom. The number of aliphatic hydroxyl groups is 1. The molecule has 0 heterocycles. The molecule has 20 heavy (non-hydrogen) atoms. The molecule has 1 unspecified atom stereocenters. The molecule has 2 rings (SSSR count). The number of nitrogens with one attached hydrogen (secondary N) is 2. The van der Waals surface area contributed by atoms with Gasteiger partial charge in [-0.1, -0.05) is 38.5 Å². The lowest BCUT2D eigenvalue weighted by atomic mass is 9.94. The molecule has 2 fully saturated rings. The first-order valence-corrected chi connectivity index (χ1v) is 8.35. The first kappa shape index (κ1) is 15.8. The topological polar surface area (TPSA) is 61.4 Å². The summed E-state index contributed by atoms with van der Waals surface area (Å²) in [5.74, 6) is 0.0779. The maximum absolute atomic E-state index is 12.1. The summed E-state index contributed by atoms with van der Waals surface area (Å²) in [6, 6.07) is 0.149. The van der Waals surface area contributed by atoms with E-state index < -0.39 is 5.60 Å². The van der Waals surface area contributed by atoms with Gasteiger partial charge in [-0.05, 0) is 32.6 Å². The van der Waals surface area contributed by atoms with Gasteiger partial charge in [-0.25, -0.2) is 0 Å². The number of rotatable bonds is 5. The Morgan fingerprint density at radius 3 is 2.35 bits per heavy atom. The molecule has 4 heteroatoms. The van der Waals surface area contributed by atoms with Gasteiger partial charge in [-0.3, -0.25) is 4.79 Å². The van der Waals surface area contributed by atoms with E-state index in [1.54, 1.807) is 0 Å². The highest BCUT2D eigenvalue weighted by Gasteiger charge is 2.29.